The van der Waals surface area contributed by atoms with E-state index in [9.17, 15) is 21.9 Å². The van der Waals surface area contributed by atoms with Crippen LogP contribution in [-0.4, -0.2) is 0 Å². The minimum atomic E-state index is -2.92. The van der Waals surface area contributed by atoms with Gasteiger partial charge in [0.25, 0.3) is 0 Å². The van der Waals surface area contributed by atoms with Crippen LogP contribution in [0.15, 0.2) is 272 Å². The Morgan fingerprint density at radius 3 is 1.74 bits per heavy atom. The molecular formula is C65H45N. The highest BCUT2D eigenvalue weighted by molar-refractivity contribution is 6.04. The van der Waals surface area contributed by atoms with Crippen LogP contribution in [0, 0.1) is 0 Å². The van der Waals surface area contributed by atoms with Gasteiger partial charge in [0.05, 0.1) is 53.4 Å². The van der Waals surface area contributed by atoms with Crippen molar-refractivity contribution in [3.8, 4) is 55.6 Å². The van der Waals surface area contributed by atoms with Crippen molar-refractivity contribution in [2.75, 3.05) is 4.90 Å². The van der Waals surface area contributed by atoms with Gasteiger partial charge in [-0.1, -0.05) is 236 Å². The molecule has 12 rings (SSSR count). The standard InChI is InChI=1S/C65H45N/c1-5-17-46(18-6-1)48-29-31-52(32-30-48)64-58-26-14-13-21-50(58)37-43-59(64)51-35-40-56(41-36-51)66(55-38-33-49(34-39-55)47-19-7-2-8-20-47)57-42-44-61-60-27-15-16-28-62(60)65(63(61)45-57,53-22-9-3-10-23-53)54-24-11-4-12-25-54/h1-45H/i1D,3D,4D,5D,6D,7D,8D,9D,10D,11D,12D,13D,14D,15D,16D,17D,18D,19D,21D,22D,23D,26D,27D,33D,34D,35D,37D,38D,39D,40D,41D,42D,43D,44D,45D. The van der Waals surface area contributed by atoms with E-state index in [4.69, 9.17) is 26.0 Å². The molecule has 1 atom stereocenters. The van der Waals surface area contributed by atoms with E-state index < -0.39 is 300 Å². The predicted octanol–water partition coefficient (Wildman–Crippen LogP) is 17.3. The van der Waals surface area contributed by atoms with E-state index in [1.807, 2.05) is 0 Å². The van der Waals surface area contributed by atoms with Gasteiger partial charge in [0.15, 0.2) is 0 Å². The van der Waals surface area contributed by atoms with Crippen LogP contribution in [0.5, 0.6) is 0 Å². The summed E-state index contributed by atoms with van der Waals surface area (Å²) in [6.45, 7) is 0. The van der Waals surface area contributed by atoms with Crippen molar-refractivity contribution in [2.24, 2.45) is 0 Å². The predicted molar refractivity (Wildman–Crippen MR) is 278 cm³/mol. The molecule has 1 unspecified atom stereocenters. The lowest BCUT2D eigenvalue weighted by molar-refractivity contribution is 0.768. The summed E-state index contributed by atoms with van der Waals surface area (Å²) in [7, 11) is 0. The van der Waals surface area contributed by atoms with Crippen molar-refractivity contribution in [1.29, 1.82) is 0 Å². The van der Waals surface area contributed by atoms with E-state index >= 15 is 0 Å². The molecule has 0 N–H and O–H groups in total. The maximum atomic E-state index is 10.8. The van der Waals surface area contributed by atoms with Crippen LogP contribution in [0.1, 0.15) is 70.2 Å². The van der Waals surface area contributed by atoms with E-state index in [1.165, 1.54) is 24.3 Å². The Balaban J connectivity index is 1.26. The monoisotopic (exact) mass is 875 g/mol. The molecule has 1 aliphatic rings. The topological polar surface area (TPSA) is 3.24 Å². The Bertz CT molecular complexity index is 5500. The molecule has 310 valence electrons. The maximum absolute atomic E-state index is 10.8. The SMILES string of the molecule is [2H]c1cc([2H])c([2H])c(-c2c([2H])c([2H])c(N(c3c([2H])cc(-c4c([2H])c([2H])c5c([2H])c([2H])c([2H])c([2H])c5c4-c4ccc(-c5c([2H])c([2H])c([2H])c([2H])c5[2H])cc4)c([2H])c3[2H])c3c([2H])c([2H])c4c(c3[2H])C(c3cc([2H])c([2H])c([2H])c3)(c3c([2H])c([2H])c([2H])c([2H])c3[2H])c3cc([2H])c([2H])c([2H])c3-4)c([2H])c2[2H])c1. The quantitative estimate of drug-likeness (QED) is 0.140. The van der Waals surface area contributed by atoms with Crippen molar-refractivity contribution < 1.29 is 48.0 Å². The first-order chi connectivity index (χ1) is 47.2. The zero-order valence-electron chi connectivity index (χ0n) is 68.7. The molecule has 0 aromatic heterocycles. The van der Waals surface area contributed by atoms with Gasteiger partial charge in [0.2, 0.25) is 0 Å². The second-order valence-electron chi connectivity index (χ2n) is 14.5. The Labute approximate surface area is 436 Å². The lowest BCUT2D eigenvalue weighted by Crippen LogP contribution is -2.28. The molecular weight excluding hydrogens is 795 g/mol. The van der Waals surface area contributed by atoms with Gasteiger partial charge in [-0.05, 0) is 125 Å². The van der Waals surface area contributed by atoms with Crippen LogP contribution in [0.2, 0.25) is 0 Å². The molecule has 0 spiro atoms. The number of rotatable bonds is 9. The van der Waals surface area contributed by atoms with Gasteiger partial charge in [-0.25, -0.2) is 0 Å². The third-order valence-corrected chi connectivity index (χ3v) is 11.0. The van der Waals surface area contributed by atoms with Crippen molar-refractivity contribution in [3.05, 3.63) is 294 Å². The smallest absolute Gasteiger partial charge is 0.0714 e. The average Bonchev–Trinajstić information content (AvgIpc) is 1.52. The summed E-state index contributed by atoms with van der Waals surface area (Å²) in [5, 5.41) is -0.988. The fraction of sp³-hybridized carbons (Fsp3) is 0.0154. The number of hydrogen-bond acceptors (Lipinski definition) is 1. The Hall–Kier alpha value is -8.52. The Morgan fingerprint density at radius 2 is 0.924 bits per heavy atom. The first-order valence-electron chi connectivity index (χ1n) is 37.5. The summed E-state index contributed by atoms with van der Waals surface area (Å²) in [6.07, 6.45) is 0. The lowest BCUT2D eigenvalue weighted by atomic mass is 9.67. The molecule has 66 heavy (non-hydrogen) atoms. The number of hydrogen-bond donors (Lipinski definition) is 0. The molecule has 1 nitrogen and oxygen atoms in total. The van der Waals surface area contributed by atoms with E-state index in [0.717, 1.165) is 36.4 Å². The zero-order valence-corrected chi connectivity index (χ0v) is 33.7. The summed E-state index contributed by atoms with van der Waals surface area (Å²) in [5.41, 5.74) is -13.3. The maximum Gasteiger partial charge on any atom is 0.0714 e. The molecule has 0 bridgehead atoms. The van der Waals surface area contributed by atoms with Crippen LogP contribution in [-0.2, 0) is 5.41 Å². The highest BCUT2D eigenvalue weighted by atomic mass is 15.1. The first-order valence-corrected chi connectivity index (χ1v) is 20.0. The van der Waals surface area contributed by atoms with Crippen molar-refractivity contribution in [2.45, 2.75) is 5.41 Å². The van der Waals surface area contributed by atoms with Gasteiger partial charge < -0.3 is 4.90 Å². The summed E-state index contributed by atoms with van der Waals surface area (Å²) in [4.78, 5) is 0.438. The highest BCUT2D eigenvalue weighted by Gasteiger charge is 2.46. The second kappa shape index (κ2) is 16.6. The molecule has 1 aliphatic carbocycles. The Kier molecular flexibility index (Phi) is 4.29. The number of nitrogens with zero attached hydrogens (tertiary/aromatic N) is 1. The molecule has 11 aromatic rings. The van der Waals surface area contributed by atoms with Crippen LogP contribution in [0.25, 0.3) is 66.4 Å². The normalized spacial score (nSPS) is 21.2. The van der Waals surface area contributed by atoms with E-state index in [-0.39, 0.29) is 22.3 Å². The van der Waals surface area contributed by atoms with Crippen LogP contribution in [0.4, 0.5) is 17.1 Å². The molecule has 0 amide bonds. The zero-order chi connectivity index (χ0) is 74.3. The largest absolute Gasteiger partial charge is 0.310 e. The van der Waals surface area contributed by atoms with Gasteiger partial charge >= 0.3 is 0 Å². The Morgan fingerprint density at radius 1 is 0.318 bits per heavy atom. The van der Waals surface area contributed by atoms with Gasteiger partial charge in [-0.2, -0.15) is 0 Å². The summed E-state index contributed by atoms with van der Waals surface area (Å²) in [5.74, 6) is 0. The third-order valence-electron chi connectivity index (χ3n) is 11.0. The van der Waals surface area contributed by atoms with E-state index in [2.05, 4.69) is 0 Å². The van der Waals surface area contributed by atoms with Crippen molar-refractivity contribution in [3.63, 3.8) is 0 Å². The lowest BCUT2D eigenvalue weighted by Gasteiger charge is -2.35. The molecule has 0 aliphatic heterocycles. The van der Waals surface area contributed by atoms with Crippen LogP contribution < -0.4 is 4.90 Å². The second-order valence-corrected chi connectivity index (χ2v) is 14.5. The first kappa shape index (κ1) is 17.1. The van der Waals surface area contributed by atoms with Crippen molar-refractivity contribution in [1.82, 2.24) is 0 Å². The summed E-state index contributed by atoms with van der Waals surface area (Å²) in [6, 6.07) is -21.0. The minimum absolute atomic E-state index is 0.0254. The summed E-state index contributed by atoms with van der Waals surface area (Å²) >= 11 is 0. The molecule has 0 radical (unpaired) electrons. The third kappa shape index (κ3) is 6.64. The number of fused-ring (bicyclic) bond motifs is 4. The minimum Gasteiger partial charge on any atom is -0.310 e. The van der Waals surface area contributed by atoms with E-state index in [0.29, 0.717) is 4.90 Å². The molecule has 0 fully saturated rings. The van der Waals surface area contributed by atoms with Crippen LogP contribution >= 0.6 is 0 Å². The molecule has 0 saturated heterocycles. The van der Waals surface area contributed by atoms with Gasteiger partial charge in [0.1, 0.15) is 0 Å². The number of anilines is 3. The van der Waals surface area contributed by atoms with E-state index in [1.54, 1.807) is 0 Å². The van der Waals surface area contributed by atoms with Crippen LogP contribution in [0.3, 0.4) is 0 Å². The molecule has 0 heterocycles. The molecule has 1 heteroatoms. The fourth-order valence-corrected chi connectivity index (χ4v) is 8.15. The molecule has 11 aromatic carbocycles. The molecule has 0 saturated carbocycles. The fourth-order valence-electron chi connectivity index (χ4n) is 8.15. The van der Waals surface area contributed by atoms with Crippen molar-refractivity contribution >= 4 is 27.8 Å². The van der Waals surface area contributed by atoms with Gasteiger partial charge in [0, 0.05) is 17.1 Å². The summed E-state index contributed by atoms with van der Waals surface area (Å²) < 4.78 is 323. The van der Waals surface area contributed by atoms with Gasteiger partial charge in [-0.3, -0.25) is 0 Å². The highest BCUT2D eigenvalue weighted by Crippen LogP contribution is 2.57. The van der Waals surface area contributed by atoms with Gasteiger partial charge in [-0.15, -0.1) is 0 Å². The average molecular weight is 875 g/mol. The number of benzene rings is 11.